The number of halogens is 3. The number of fused-ring (bicyclic) bond motifs is 6. The predicted molar refractivity (Wildman–Crippen MR) is 26.4 cm³/mol. The monoisotopic (exact) mass is 497 g/mol. The fourth-order valence-corrected chi connectivity index (χ4v) is 8.40. The van der Waals surface area contributed by atoms with Gasteiger partial charge in [0.1, 0.15) is 0 Å². The van der Waals surface area contributed by atoms with E-state index in [2.05, 4.69) is 21.2 Å². The van der Waals surface area contributed by atoms with Crippen LogP contribution in [0.5, 0.6) is 0 Å². The first-order chi connectivity index (χ1) is 5.45. The summed E-state index contributed by atoms with van der Waals surface area (Å²) in [6, 6.07) is 0. The SMILES string of the molecule is N1[I-]NC2N[I-]NC1N[I-]N2. The van der Waals surface area contributed by atoms with Gasteiger partial charge in [-0.2, -0.15) is 0 Å². The van der Waals surface area contributed by atoms with Gasteiger partial charge in [-0.3, -0.25) is 0 Å². The number of hydrogen-bond donors (Lipinski definition) is 6. The summed E-state index contributed by atoms with van der Waals surface area (Å²) in [5.41, 5.74) is 0. The van der Waals surface area contributed by atoms with Gasteiger partial charge in [-0.25, -0.2) is 0 Å². The molecule has 6 nitrogen and oxygen atoms in total. The van der Waals surface area contributed by atoms with Crippen molar-refractivity contribution in [2.24, 2.45) is 0 Å². The van der Waals surface area contributed by atoms with Gasteiger partial charge >= 0.3 is 99.0 Å². The van der Waals surface area contributed by atoms with E-state index in [1.807, 2.05) is 0 Å². The Labute approximate surface area is 97.7 Å². The molecular weight excluding hydrogens is 489 g/mol. The van der Waals surface area contributed by atoms with Crippen LogP contribution < -0.4 is 86.4 Å². The molecule has 0 spiro atoms. The van der Waals surface area contributed by atoms with Crippen molar-refractivity contribution in [2.75, 3.05) is 0 Å². The van der Waals surface area contributed by atoms with Gasteiger partial charge in [-0.1, -0.05) is 0 Å². The molecule has 3 heterocycles. The van der Waals surface area contributed by atoms with Gasteiger partial charge in [0.25, 0.3) is 0 Å². The zero-order chi connectivity index (χ0) is 7.52. The van der Waals surface area contributed by atoms with Crippen LogP contribution in [-0.4, -0.2) is 12.6 Å². The molecule has 3 saturated heterocycles. The van der Waals surface area contributed by atoms with Crippen LogP contribution in [0.3, 0.4) is 0 Å². The molecule has 0 aromatic carbocycles. The summed E-state index contributed by atoms with van der Waals surface area (Å²) in [4.78, 5) is 0. The third kappa shape index (κ3) is 2.97. The Balaban J connectivity index is 1.96. The molecule has 2 bridgehead atoms. The van der Waals surface area contributed by atoms with E-state index in [1.165, 1.54) is 0 Å². The molecule has 0 atom stereocenters. The zero-order valence-corrected chi connectivity index (χ0v) is 11.8. The molecule has 6 N–H and O–H groups in total. The molecule has 0 saturated carbocycles. The minimum absolute atomic E-state index is 0.0807. The molecule has 11 heavy (non-hydrogen) atoms. The van der Waals surface area contributed by atoms with Crippen LogP contribution in [0.2, 0.25) is 0 Å². The molecule has 9 heteroatoms. The number of rotatable bonds is 0. The van der Waals surface area contributed by atoms with Crippen LogP contribution in [0.25, 0.3) is 0 Å². The molecule has 0 amide bonds. The average Bonchev–Trinajstić information content (AvgIpc) is 1.80. The summed E-state index contributed by atoms with van der Waals surface area (Å²) in [6.07, 6.45) is 0.661. The molecule has 3 rings (SSSR count). The molecular formula is C2H8I3N6-3. The van der Waals surface area contributed by atoms with E-state index in [0.29, 0.717) is 12.6 Å². The average molecular weight is 497 g/mol. The van der Waals surface area contributed by atoms with E-state index in [9.17, 15) is 0 Å². The van der Waals surface area contributed by atoms with Crippen molar-refractivity contribution < 1.29 is 65.3 Å². The van der Waals surface area contributed by atoms with E-state index < -0.39 is 0 Å². The first-order valence-corrected chi connectivity index (χ1v) is 9.34. The molecule has 3 aliphatic heterocycles. The summed E-state index contributed by atoms with van der Waals surface area (Å²) < 4.78 is 20.4. The van der Waals surface area contributed by atoms with Crippen LogP contribution in [0.15, 0.2) is 0 Å². The molecule has 3 fully saturated rings. The van der Waals surface area contributed by atoms with Crippen LogP contribution in [0.4, 0.5) is 0 Å². The predicted octanol–water partition coefficient (Wildman–Crippen LogP) is -12.1. The van der Waals surface area contributed by atoms with Gasteiger partial charge in [0.15, 0.2) is 0 Å². The fraction of sp³-hybridized carbons (Fsp3) is 1.00. The topological polar surface area (TPSA) is 72.2 Å². The first-order valence-electron chi connectivity index (χ1n) is 2.87. The number of hydrogen-bond acceptors (Lipinski definition) is 6. The summed E-state index contributed by atoms with van der Waals surface area (Å²) in [6.45, 7) is 0. The van der Waals surface area contributed by atoms with Crippen LogP contribution in [0.1, 0.15) is 0 Å². The second-order valence-corrected chi connectivity index (χ2v) is 7.16. The van der Waals surface area contributed by atoms with E-state index in [0.717, 1.165) is 0 Å². The molecule has 0 unspecified atom stereocenters. The molecule has 0 aromatic heterocycles. The fourth-order valence-electron chi connectivity index (χ4n) is 0.546. The molecule has 0 aliphatic carbocycles. The van der Waals surface area contributed by atoms with Crippen molar-refractivity contribution >= 4 is 0 Å². The standard InChI is InChI=1S/C2H8I3N6/c3-6-1-7-4-10-2(9-3)11-5-8-1/h1-2,6-11H/q-3. The van der Waals surface area contributed by atoms with Gasteiger partial charge in [-0.15, -0.1) is 0 Å². The van der Waals surface area contributed by atoms with E-state index >= 15 is 0 Å². The minimum atomic E-state index is -0.0807. The van der Waals surface area contributed by atoms with Crippen LogP contribution in [-0.2, 0) is 0 Å². The summed E-state index contributed by atoms with van der Waals surface area (Å²) in [5.74, 6) is 0. The zero-order valence-electron chi connectivity index (χ0n) is 5.29. The van der Waals surface area contributed by atoms with E-state index in [4.69, 9.17) is 0 Å². The number of nitrogens with one attached hydrogen (secondary N) is 6. The van der Waals surface area contributed by atoms with Crippen molar-refractivity contribution in [3.8, 4) is 0 Å². The van der Waals surface area contributed by atoms with Gasteiger partial charge in [0, 0.05) is 0 Å². The Kier molecular flexibility index (Phi) is 4.31. The summed E-state index contributed by atoms with van der Waals surface area (Å²) in [5, 5.41) is 0. The van der Waals surface area contributed by atoms with Crippen LogP contribution >= 0.6 is 0 Å². The van der Waals surface area contributed by atoms with Gasteiger partial charge in [-0.05, 0) is 0 Å². The Morgan fingerprint density at radius 2 is 0.818 bits per heavy atom. The maximum absolute atomic E-state index is 3.40. The molecule has 0 radical (unpaired) electrons. The van der Waals surface area contributed by atoms with Gasteiger partial charge < -0.3 is 0 Å². The van der Waals surface area contributed by atoms with E-state index in [-0.39, 0.29) is 65.3 Å². The van der Waals surface area contributed by atoms with E-state index in [1.54, 1.807) is 0 Å². The molecule has 70 valence electrons. The van der Waals surface area contributed by atoms with Crippen molar-refractivity contribution in [2.45, 2.75) is 12.6 Å². The van der Waals surface area contributed by atoms with Gasteiger partial charge in [0.2, 0.25) is 0 Å². The third-order valence-electron chi connectivity index (χ3n) is 0.982. The normalized spacial score (nSPS) is 41.5. The van der Waals surface area contributed by atoms with Crippen molar-refractivity contribution in [1.82, 2.24) is 21.2 Å². The Bertz CT molecular complexity index is 97.2. The Morgan fingerprint density at radius 3 is 1.09 bits per heavy atom. The van der Waals surface area contributed by atoms with Crippen LogP contribution in [0, 0.1) is 0 Å². The van der Waals surface area contributed by atoms with Crippen molar-refractivity contribution in [3.63, 3.8) is 0 Å². The third-order valence-corrected chi connectivity index (χ3v) is 6.59. The Morgan fingerprint density at radius 1 is 0.545 bits per heavy atom. The molecule has 3 aliphatic rings. The second kappa shape index (κ2) is 4.99. The van der Waals surface area contributed by atoms with Gasteiger partial charge in [0.05, 0.1) is 0 Å². The van der Waals surface area contributed by atoms with Crippen molar-refractivity contribution in [1.29, 1.82) is 0 Å². The Hall–Kier alpha value is 1.95. The molecule has 0 aromatic rings. The quantitative estimate of drug-likeness (QED) is 0.148. The summed E-state index contributed by atoms with van der Waals surface area (Å²) in [7, 11) is 0. The second-order valence-electron chi connectivity index (χ2n) is 1.80. The first kappa shape index (κ1) is 9.50. The van der Waals surface area contributed by atoms with Crippen molar-refractivity contribution in [3.05, 3.63) is 0 Å². The summed E-state index contributed by atoms with van der Waals surface area (Å²) >= 11 is -0.242. The maximum atomic E-state index is 3.40.